The number of carbonyl (C=O) groups is 2. The molecule has 2 fully saturated rings. The zero-order chi connectivity index (χ0) is 18.9. The summed E-state index contributed by atoms with van der Waals surface area (Å²) in [7, 11) is 0. The van der Waals surface area contributed by atoms with Gasteiger partial charge in [-0.25, -0.2) is 0 Å². The molecule has 1 amide bonds. The first-order valence-corrected chi connectivity index (χ1v) is 9.93. The van der Waals surface area contributed by atoms with Gasteiger partial charge in [-0.15, -0.1) is 0 Å². The van der Waals surface area contributed by atoms with Crippen LogP contribution in [0, 0.1) is 5.41 Å². The Bertz CT molecular complexity index is 734. The number of hydrogen-bond acceptors (Lipinski definition) is 4. The Morgan fingerprint density at radius 2 is 1.70 bits per heavy atom. The molecule has 1 aliphatic heterocycles. The fraction of sp³-hybridized carbons (Fsp3) is 0.619. The number of carboxylic acid groups (broad SMARTS) is 1. The van der Waals surface area contributed by atoms with E-state index in [2.05, 4.69) is 17.4 Å². The minimum atomic E-state index is -0.843. The third-order valence-electron chi connectivity index (χ3n) is 6.60. The summed E-state index contributed by atoms with van der Waals surface area (Å²) in [6, 6.07) is 6.09. The van der Waals surface area contributed by atoms with Crippen LogP contribution in [0.2, 0.25) is 0 Å². The molecular formula is C21H27NO5. The van der Waals surface area contributed by atoms with E-state index in [0.717, 1.165) is 43.6 Å². The quantitative estimate of drug-likeness (QED) is 0.801. The van der Waals surface area contributed by atoms with Gasteiger partial charge in [-0.05, 0) is 43.4 Å². The molecule has 1 aromatic carbocycles. The molecule has 1 heterocycles. The average Bonchev–Trinajstić information content (AvgIpc) is 3.12. The van der Waals surface area contributed by atoms with Crippen molar-refractivity contribution in [2.75, 3.05) is 19.8 Å². The molecule has 2 saturated carbocycles. The molecule has 2 aliphatic carbocycles. The second kappa shape index (κ2) is 7.06. The van der Waals surface area contributed by atoms with Crippen molar-refractivity contribution in [3.63, 3.8) is 0 Å². The zero-order valence-corrected chi connectivity index (χ0v) is 15.6. The fourth-order valence-electron chi connectivity index (χ4n) is 4.70. The van der Waals surface area contributed by atoms with Gasteiger partial charge in [0.25, 0.3) is 0 Å². The predicted octanol–water partition coefficient (Wildman–Crippen LogP) is 3.03. The number of ether oxygens (including phenoxy) is 2. The Morgan fingerprint density at radius 3 is 2.33 bits per heavy atom. The number of nitrogens with one attached hydrogen (secondary N) is 1. The van der Waals surface area contributed by atoms with Crippen LogP contribution < -0.4 is 14.8 Å². The minimum Gasteiger partial charge on any atom is -0.486 e. The summed E-state index contributed by atoms with van der Waals surface area (Å²) in [6.07, 6.45) is 6.45. The Hall–Kier alpha value is -2.24. The summed E-state index contributed by atoms with van der Waals surface area (Å²) in [5.74, 6) is 0.554. The lowest BCUT2D eigenvalue weighted by molar-refractivity contribution is -0.157. The summed E-state index contributed by atoms with van der Waals surface area (Å²) in [6.45, 7) is 1.66. The highest BCUT2D eigenvalue weighted by Crippen LogP contribution is 2.45. The average molecular weight is 373 g/mol. The molecule has 1 aromatic rings. The molecule has 0 saturated heterocycles. The first kappa shape index (κ1) is 18.1. The summed E-state index contributed by atoms with van der Waals surface area (Å²) >= 11 is 0. The lowest BCUT2D eigenvalue weighted by Gasteiger charge is -2.37. The number of rotatable bonds is 6. The maximum Gasteiger partial charge on any atom is 0.310 e. The van der Waals surface area contributed by atoms with Crippen molar-refractivity contribution in [2.24, 2.45) is 5.41 Å². The molecular weight excluding hydrogens is 346 g/mol. The molecule has 3 aliphatic rings. The molecule has 146 valence electrons. The molecule has 0 bridgehead atoms. The SMILES string of the molecule is O=C(CC1(C(=O)O)CCC1)NCC1(c2ccc3c(c2)OCCO3)CCCC1. The van der Waals surface area contributed by atoms with E-state index in [0.29, 0.717) is 32.6 Å². The molecule has 0 radical (unpaired) electrons. The van der Waals surface area contributed by atoms with Crippen LogP contribution in [-0.2, 0) is 15.0 Å². The van der Waals surface area contributed by atoms with Gasteiger partial charge in [0.05, 0.1) is 5.41 Å². The van der Waals surface area contributed by atoms with Gasteiger partial charge in [-0.2, -0.15) is 0 Å². The topological polar surface area (TPSA) is 84.9 Å². The lowest BCUT2D eigenvalue weighted by atomic mass is 9.66. The fourth-order valence-corrected chi connectivity index (χ4v) is 4.70. The van der Waals surface area contributed by atoms with Crippen LogP contribution in [-0.4, -0.2) is 36.7 Å². The van der Waals surface area contributed by atoms with Gasteiger partial charge in [-0.3, -0.25) is 9.59 Å². The largest absolute Gasteiger partial charge is 0.486 e. The maximum atomic E-state index is 12.5. The Balaban J connectivity index is 1.46. The molecule has 27 heavy (non-hydrogen) atoms. The van der Waals surface area contributed by atoms with E-state index in [1.165, 1.54) is 5.56 Å². The van der Waals surface area contributed by atoms with E-state index in [4.69, 9.17) is 9.47 Å². The third-order valence-corrected chi connectivity index (χ3v) is 6.60. The maximum absolute atomic E-state index is 12.5. The molecule has 0 spiro atoms. The second-order valence-electron chi connectivity index (χ2n) is 8.24. The van der Waals surface area contributed by atoms with E-state index in [1.54, 1.807) is 0 Å². The first-order valence-electron chi connectivity index (χ1n) is 9.93. The van der Waals surface area contributed by atoms with Crippen LogP contribution in [0.5, 0.6) is 11.5 Å². The van der Waals surface area contributed by atoms with Crippen LogP contribution in [0.4, 0.5) is 0 Å². The second-order valence-corrected chi connectivity index (χ2v) is 8.24. The van der Waals surface area contributed by atoms with Crippen LogP contribution >= 0.6 is 0 Å². The summed E-state index contributed by atoms with van der Waals surface area (Å²) in [5.41, 5.74) is 0.215. The molecule has 6 nitrogen and oxygen atoms in total. The smallest absolute Gasteiger partial charge is 0.310 e. The van der Waals surface area contributed by atoms with Crippen molar-refractivity contribution in [1.29, 1.82) is 0 Å². The Labute approximate surface area is 159 Å². The lowest BCUT2D eigenvalue weighted by Crippen LogP contribution is -2.45. The summed E-state index contributed by atoms with van der Waals surface area (Å²) in [5, 5.41) is 12.5. The number of hydrogen-bond donors (Lipinski definition) is 2. The molecule has 2 N–H and O–H groups in total. The summed E-state index contributed by atoms with van der Waals surface area (Å²) < 4.78 is 11.3. The molecule has 0 aromatic heterocycles. The monoisotopic (exact) mass is 373 g/mol. The van der Waals surface area contributed by atoms with Gasteiger partial charge >= 0.3 is 5.97 Å². The van der Waals surface area contributed by atoms with Crippen LogP contribution in [0.15, 0.2) is 18.2 Å². The highest BCUT2D eigenvalue weighted by Gasteiger charge is 2.46. The zero-order valence-electron chi connectivity index (χ0n) is 15.6. The highest BCUT2D eigenvalue weighted by molar-refractivity contribution is 5.85. The van der Waals surface area contributed by atoms with Crippen molar-refractivity contribution in [2.45, 2.75) is 56.8 Å². The van der Waals surface area contributed by atoms with E-state index in [9.17, 15) is 14.7 Å². The van der Waals surface area contributed by atoms with Crippen molar-refractivity contribution >= 4 is 11.9 Å². The van der Waals surface area contributed by atoms with E-state index >= 15 is 0 Å². The molecule has 0 unspecified atom stereocenters. The van der Waals surface area contributed by atoms with Crippen LogP contribution in [0.3, 0.4) is 0 Å². The number of carboxylic acids is 1. The van der Waals surface area contributed by atoms with Crippen LogP contribution in [0.1, 0.15) is 56.9 Å². The van der Waals surface area contributed by atoms with Gasteiger partial charge in [0, 0.05) is 18.4 Å². The molecule has 6 heteroatoms. The summed E-state index contributed by atoms with van der Waals surface area (Å²) in [4.78, 5) is 24.0. The van der Waals surface area contributed by atoms with Gasteiger partial charge in [-0.1, -0.05) is 25.3 Å². The minimum absolute atomic E-state index is 0.0829. The number of amides is 1. The van der Waals surface area contributed by atoms with Crippen LogP contribution in [0.25, 0.3) is 0 Å². The third kappa shape index (κ3) is 3.37. The number of carbonyl (C=O) groups excluding carboxylic acids is 1. The molecule has 4 rings (SSSR count). The molecule has 0 atom stereocenters. The van der Waals surface area contributed by atoms with Crippen molar-refractivity contribution in [3.05, 3.63) is 23.8 Å². The van der Waals surface area contributed by atoms with Crippen molar-refractivity contribution < 1.29 is 24.2 Å². The predicted molar refractivity (Wildman–Crippen MR) is 99.1 cm³/mol. The van der Waals surface area contributed by atoms with Gasteiger partial charge in [0.1, 0.15) is 13.2 Å². The van der Waals surface area contributed by atoms with Gasteiger partial charge in [0.2, 0.25) is 5.91 Å². The number of fused-ring (bicyclic) bond motifs is 1. The first-order chi connectivity index (χ1) is 13.0. The normalized spacial score (nSPS) is 21.9. The highest BCUT2D eigenvalue weighted by atomic mass is 16.6. The van der Waals surface area contributed by atoms with Gasteiger partial charge < -0.3 is 19.9 Å². The Morgan fingerprint density at radius 1 is 1.00 bits per heavy atom. The number of benzene rings is 1. The Kier molecular flexibility index (Phi) is 4.74. The van der Waals surface area contributed by atoms with Crippen molar-refractivity contribution in [1.82, 2.24) is 5.32 Å². The van der Waals surface area contributed by atoms with Crippen molar-refractivity contribution in [3.8, 4) is 11.5 Å². The van der Waals surface area contributed by atoms with E-state index < -0.39 is 11.4 Å². The van der Waals surface area contributed by atoms with E-state index in [1.807, 2.05) is 6.07 Å². The standard InChI is InChI=1S/C21H27NO5/c23-18(13-20(19(24)25)8-3-9-20)22-14-21(6-1-2-7-21)15-4-5-16-17(12-15)27-11-10-26-16/h4-5,12H,1-3,6-11,13-14H2,(H,22,23)(H,24,25). The van der Waals surface area contributed by atoms with E-state index in [-0.39, 0.29) is 17.7 Å². The number of aliphatic carboxylic acids is 1. The van der Waals surface area contributed by atoms with Gasteiger partial charge in [0.15, 0.2) is 11.5 Å².